The molecular weight excluding hydrogens is 408 g/mol. The van der Waals surface area contributed by atoms with Crippen molar-refractivity contribution in [3.8, 4) is 5.75 Å². The first kappa shape index (κ1) is 19.6. The number of hydrogen-bond acceptors (Lipinski definition) is 7. The van der Waals surface area contributed by atoms with Crippen LogP contribution in [0.2, 0.25) is 0 Å². The molecule has 4 rings (SSSR count). The predicted octanol–water partition coefficient (Wildman–Crippen LogP) is 3.72. The molecule has 0 saturated carbocycles. The molecule has 0 amide bonds. The Morgan fingerprint density at radius 2 is 1.57 bits per heavy atom. The number of fused-ring (bicyclic) bond motifs is 1. The molecule has 152 valence electrons. The van der Waals surface area contributed by atoms with Crippen LogP contribution in [-0.4, -0.2) is 24.4 Å². The highest BCUT2D eigenvalue weighted by molar-refractivity contribution is 7.88. The Morgan fingerprint density at radius 3 is 2.23 bits per heavy atom. The summed E-state index contributed by atoms with van der Waals surface area (Å²) in [5.41, 5.74) is 0.874. The molecule has 0 fully saturated rings. The van der Waals surface area contributed by atoms with Gasteiger partial charge in [-0.2, -0.15) is 8.42 Å². The van der Waals surface area contributed by atoms with Gasteiger partial charge in [-0.15, -0.1) is 0 Å². The van der Waals surface area contributed by atoms with Gasteiger partial charge < -0.3 is 9.50 Å². The van der Waals surface area contributed by atoms with Crippen molar-refractivity contribution in [3.63, 3.8) is 0 Å². The Labute approximate surface area is 172 Å². The predicted molar refractivity (Wildman–Crippen MR) is 110 cm³/mol. The fourth-order valence-corrected chi connectivity index (χ4v) is 4.81. The van der Waals surface area contributed by atoms with Gasteiger partial charge in [0.05, 0.1) is 16.7 Å². The Bertz CT molecular complexity index is 1210. The van der Waals surface area contributed by atoms with E-state index in [2.05, 4.69) is 5.32 Å². The number of carbonyl (C=O) groups is 1. The third-order valence-corrected chi connectivity index (χ3v) is 6.32. The Kier molecular flexibility index (Phi) is 4.96. The van der Waals surface area contributed by atoms with Crippen molar-refractivity contribution >= 4 is 27.3 Å². The molecule has 1 aliphatic rings. The smallest absolute Gasteiger partial charge is 0.322 e. The molecular formula is C21H16N2O6S. The number of nitro groups is 1. The van der Waals surface area contributed by atoms with Crippen molar-refractivity contribution < 1.29 is 22.3 Å². The summed E-state index contributed by atoms with van der Waals surface area (Å²) in [6, 6.07) is 18.9. The lowest BCUT2D eigenvalue weighted by Crippen LogP contribution is -2.40. The van der Waals surface area contributed by atoms with Crippen molar-refractivity contribution in [1.82, 2.24) is 0 Å². The molecule has 30 heavy (non-hydrogen) atoms. The molecule has 3 aromatic rings. The molecule has 0 saturated heterocycles. The van der Waals surface area contributed by atoms with Gasteiger partial charge in [-0.3, -0.25) is 14.9 Å². The number of Topliss-reactive ketones (excluding diaryl/α,β-unsaturated/α-hetero) is 1. The van der Waals surface area contributed by atoms with Gasteiger partial charge in [0.15, 0.2) is 16.8 Å². The Morgan fingerprint density at radius 1 is 0.933 bits per heavy atom. The summed E-state index contributed by atoms with van der Waals surface area (Å²) in [6.45, 7) is 0. The molecule has 0 spiro atoms. The molecule has 8 nitrogen and oxygen atoms in total. The van der Waals surface area contributed by atoms with Crippen LogP contribution in [0.25, 0.3) is 0 Å². The number of ketones is 1. The first-order valence-corrected chi connectivity index (χ1v) is 10.5. The van der Waals surface area contributed by atoms with Crippen molar-refractivity contribution in [3.05, 3.63) is 100 Å². The number of carbonyl (C=O) groups excluding carboxylic acids is 1. The number of rotatable bonds is 4. The van der Waals surface area contributed by atoms with Crippen molar-refractivity contribution in [2.24, 2.45) is 0 Å². The summed E-state index contributed by atoms with van der Waals surface area (Å²) < 4.78 is 31.6. The zero-order valence-corrected chi connectivity index (χ0v) is 16.3. The zero-order chi connectivity index (χ0) is 21.3. The van der Waals surface area contributed by atoms with E-state index in [9.17, 15) is 23.3 Å². The van der Waals surface area contributed by atoms with Crippen LogP contribution < -0.4 is 9.50 Å². The quantitative estimate of drug-likeness (QED) is 0.294. The number of benzene rings is 3. The SMILES string of the molecule is O=C(c1ccccc1)C1C(c2ccc([N+](=O)[O-])cc2)Nc2ccccc2OS1(=O)=O. The monoisotopic (exact) mass is 424 g/mol. The molecule has 0 aliphatic carbocycles. The lowest BCUT2D eigenvalue weighted by Gasteiger charge is -2.24. The second-order valence-electron chi connectivity index (χ2n) is 6.69. The molecule has 9 heteroatoms. The second kappa shape index (κ2) is 7.60. The minimum Gasteiger partial charge on any atom is -0.380 e. The summed E-state index contributed by atoms with van der Waals surface area (Å²) in [5, 5.41) is 12.5. The standard InChI is InChI=1S/C21H16N2O6S/c24-20(15-6-2-1-3-7-15)21-19(14-10-12-16(13-11-14)23(25)26)22-17-8-4-5-9-18(17)29-30(21,27)28/h1-13,19,21-22H. The topological polar surface area (TPSA) is 116 Å². The van der Waals surface area contributed by atoms with E-state index < -0.39 is 32.1 Å². The van der Waals surface area contributed by atoms with Gasteiger partial charge in [-0.05, 0) is 17.7 Å². The van der Waals surface area contributed by atoms with E-state index >= 15 is 0 Å². The first-order valence-electron chi connectivity index (χ1n) is 8.99. The van der Waals surface area contributed by atoms with Crippen LogP contribution in [0.5, 0.6) is 5.75 Å². The Hall–Kier alpha value is -3.72. The molecule has 1 aliphatic heterocycles. The molecule has 1 heterocycles. The number of nitrogens with one attached hydrogen (secondary N) is 1. The van der Waals surface area contributed by atoms with Crippen LogP contribution in [0.1, 0.15) is 22.0 Å². The third-order valence-electron chi connectivity index (χ3n) is 4.80. The number of nitrogens with zero attached hydrogens (tertiary/aromatic N) is 1. The summed E-state index contributed by atoms with van der Waals surface area (Å²) >= 11 is 0. The average Bonchev–Trinajstić information content (AvgIpc) is 2.86. The summed E-state index contributed by atoms with van der Waals surface area (Å²) in [4.78, 5) is 23.7. The average molecular weight is 424 g/mol. The number of nitro benzene ring substituents is 1. The molecule has 0 aromatic heterocycles. The van der Waals surface area contributed by atoms with Crippen molar-refractivity contribution in [2.45, 2.75) is 11.3 Å². The van der Waals surface area contributed by atoms with Crippen molar-refractivity contribution in [2.75, 3.05) is 5.32 Å². The van der Waals surface area contributed by atoms with Crippen LogP contribution in [0.4, 0.5) is 11.4 Å². The summed E-state index contributed by atoms with van der Waals surface area (Å²) in [7, 11) is -4.39. The summed E-state index contributed by atoms with van der Waals surface area (Å²) in [5.74, 6) is -0.563. The van der Waals surface area contributed by atoms with Crippen LogP contribution in [0, 0.1) is 10.1 Å². The molecule has 0 radical (unpaired) electrons. The second-order valence-corrected chi connectivity index (χ2v) is 8.35. The normalized spacial score (nSPS) is 19.5. The van der Waals surface area contributed by atoms with E-state index in [0.29, 0.717) is 11.3 Å². The van der Waals surface area contributed by atoms with E-state index in [1.807, 2.05) is 0 Å². The lowest BCUT2D eigenvalue weighted by atomic mass is 9.96. The zero-order valence-electron chi connectivity index (χ0n) is 15.5. The molecule has 2 unspecified atom stereocenters. The first-order chi connectivity index (χ1) is 14.4. The maximum Gasteiger partial charge on any atom is 0.322 e. The minimum atomic E-state index is -4.39. The van der Waals surface area contributed by atoms with Gasteiger partial charge in [0, 0.05) is 17.7 Å². The maximum absolute atomic E-state index is 13.3. The van der Waals surface area contributed by atoms with Crippen LogP contribution in [0.15, 0.2) is 78.9 Å². The van der Waals surface area contributed by atoms with Gasteiger partial charge in [0.2, 0.25) is 0 Å². The molecule has 1 N–H and O–H groups in total. The number of anilines is 1. The van der Waals surface area contributed by atoms with Gasteiger partial charge >= 0.3 is 10.1 Å². The highest BCUT2D eigenvalue weighted by Crippen LogP contribution is 2.38. The van der Waals surface area contributed by atoms with Crippen LogP contribution in [0.3, 0.4) is 0 Å². The fraction of sp³-hybridized carbons (Fsp3) is 0.0952. The van der Waals surface area contributed by atoms with E-state index in [4.69, 9.17) is 4.18 Å². The van der Waals surface area contributed by atoms with E-state index in [1.54, 1.807) is 36.4 Å². The van der Waals surface area contributed by atoms with Crippen molar-refractivity contribution in [1.29, 1.82) is 0 Å². The van der Waals surface area contributed by atoms with Crippen LogP contribution in [-0.2, 0) is 10.1 Å². The highest BCUT2D eigenvalue weighted by Gasteiger charge is 2.45. The van der Waals surface area contributed by atoms with E-state index in [0.717, 1.165) is 0 Å². The number of para-hydroxylation sites is 2. The van der Waals surface area contributed by atoms with Gasteiger partial charge in [-0.25, -0.2) is 0 Å². The molecule has 3 aromatic carbocycles. The van der Waals surface area contributed by atoms with Crippen LogP contribution >= 0.6 is 0 Å². The fourth-order valence-electron chi connectivity index (χ4n) is 3.36. The molecule has 0 bridgehead atoms. The molecule has 2 atom stereocenters. The number of non-ortho nitro benzene ring substituents is 1. The largest absolute Gasteiger partial charge is 0.380 e. The lowest BCUT2D eigenvalue weighted by molar-refractivity contribution is -0.384. The van der Waals surface area contributed by atoms with E-state index in [1.165, 1.54) is 42.5 Å². The highest BCUT2D eigenvalue weighted by atomic mass is 32.2. The Balaban J connectivity index is 1.87. The van der Waals surface area contributed by atoms with Gasteiger partial charge in [-0.1, -0.05) is 54.6 Å². The van der Waals surface area contributed by atoms with Gasteiger partial charge in [0.1, 0.15) is 0 Å². The van der Waals surface area contributed by atoms with Gasteiger partial charge in [0.25, 0.3) is 5.69 Å². The minimum absolute atomic E-state index is 0.0766. The van der Waals surface area contributed by atoms with E-state index in [-0.39, 0.29) is 17.0 Å². The maximum atomic E-state index is 13.3. The third kappa shape index (κ3) is 3.62. The number of hydrogen-bond donors (Lipinski definition) is 1. The summed E-state index contributed by atoms with van der Waals surface area (Å²) in [6.07, 6.45) is 0.